The number of allylic oxidation sites excluding steroid dienone is 2. The number of carbonyl (C=O) groups excluding carboxylic acids is 2. The van der Waals surface area contributed by atoms with Crippen molar-refractivity contribution in [3.63, 3.8) is 0 Å². The average Bonchev–Trinajstić information content (AvgIpc) is 2.55. The van der Waals surface area contributed by atoms with Crippen LogP contribution in [0.15, 0.2) is 23.3 Å². The fourth-order valence-corrected chi connectivity index (χ4v) is 3.84. The highest BCUT2D eigenvalue weighted by Crippen LogP contribution is 2.41. The Hall–Kier alpha value is -1.46. The number of likely N-dealkylation sites (tertiary alicyclic amines) is 1. The lowest BCUT2D eigenvalue weighted by atomic mass is 9.69. The third kappa shape index (κ3) is 5.08. The first kappa shape index (κ1) is 21.8. The lowest BCUT2D eigenvalue weighted by Crippen LogP contribution is -2.50. The number of Topliss-reactive ketones (excluding diaryl/α,β-unsaturated/α-hetero) is 1. The Balaban J connectivity index is 2.33. The summed E-state index contributed by atoms with van der Waals surface area (Å²) < 4.78 is 0. The topological polar surface area (TPSA) is 83.6 Å². The molecule has 1 saturated heterocycles. The summed E-state index contributed by atoms with van der Waals surface area (Å²) in [5.41, 5.74) is 5.16. The van der Waals surface area contributed by atoms with Gasteiger partial charge >= 0.3 is 0 Å². The number of amides is 1. The molecule has 1 heterocycles. The largest absolute Gasteiger partial charge is 0.382 e. The van der Waals surface area contributed by atoms with Crippen LogP contribution in [-0.2, 0) is 9.59 Å². The van der Waals surface area contributed by atoms with Gasteiger partial charge in [0.05, 0.1) is 6.04 Å². The van der Waals surface area contributed by atoms with Crippen molar-refractivity contribution in [2.75, 3.05) is 13.1 Å². The van der Waals surface area contributed by atoms with Crippen molar-refractivity contribution in [2.24, 2.45) is 16.6 Å². The number of nitrogens with two attached hydrogens (primary N) is 1. The molecular weight excluding hydrogens is 340 g/mol. The summed E-state index contributed by atoms with van der Waals surface area (Å²) >= 11 is 0. The maximum Gasteiger partial charge on any atom is 0.239 e. The maximum atomic E-state index is 13.0. The molecular formula is C22H36N2O3. The lowest BCUT2D eigenvalue weighted by molar-refractivity contribution is -0.134. The minimum atomic E-state index is -1.40. The van der Waals surface area contributed by atoms with E-state index < -0.39 is 22.5 Å². The van der Waals surface area contributed by atoms with Crippen molar-refractivity contribution in [3.05, 3.63) is 23.3 Å². The van der Waals surface area contributed by atoms with Gasteiger partial charge in [0.25, 0.3) is 0 Å². The van der Waals surface area contributed by atoms with Gasteiger partial charge in [-0.15, -0.1) is 0 Å². The van der Waals surface area contributed by atoms with Gasteiger partial charge < -0.3 is 15.7 Å². The zero-order valence-corrected chi connectivity index (χ0v) is 17.8. The molecule has 152 valence electrons. The van der Waals surface area contributed by atoms with Crippen LogP contribution in [0.2, 0.25) is 0 Å². The van der Waals surface area contributed by atoms with Crippen LogP contribution in [0.25, 0.3) is 0 Å². The summed E-state index contributed by atoms with van der Waals surface area (Å²) in [4.78, 5) is 27.5. The Bertz CT molecular complexity index is 622. The van der Waals surface area contributed by atoms with E-state index in [0.29, 0.717) is 11.1 Å². The molecule has 1 aliphatic heterocycles. The van der Waals surface area contributed by atoms with Crippen LogP contribution in [0.3, 0.4) is 0 Å². The Kier molecular flexibility index (Phi) is 6.08. The summed E-state index contributed by atoms with van der Waals surface area (Å²) in [5.74, 6) is -0.146. The van der Waals surface area contributed by atoms with Gasteiger partial charge in [-0.25, -0.2) is 0 Å². The van der Waals surface area contributed by atoms with Crippen LogP contribution < -0.4 is 5.73 Å². The number of ketones is 1. The first-order valence-electron chi connectivity index (χ1n) is 10.0. The molecule has 2 aliphatic rings. The third-order valence-corrected chi connectivity index (χ3v) is 5.43. The van der Waals surface area contributed by atoms with Gasteiger partial charge in [-0.3, -0.25) is 9.59 Å². The van der Waals surface area contributed by atoms with Crippen molar-refractivity contribution in [3.8, 4) is 0 Å². The molecule has 1 aliphatic carbocycles. The van der Waals surface area contributed by atoms with Crippen LogP contribution in [0.1, 0.15) is 67.2 Å². The number of piperidine rings is 1. The molecule has 0 spiro atoms. The van der Waals surface area contributed by atoms with E-state index in [2.05, 4.69) is 0 Å². The molecule has 3 N–H and O–H groups in total. The number of rotatable bonds is 3. The van der Waals surface area contributed by atoms with E-state index >= 15 is 0 Å². The predicted octanol–water partition coefficient (Wildman–Crippen LogP) is 2.98. The number of carbonyl (C=O) groups is 2. The van der Waals surface area contributed by atoms with Gasteiger partial charge in [-0.2, -0.15) is 0 Å². The number of aliphatic hydroxyl groups is 1. The smallest absolute Gasteiger partial charge is 0.239 e. The van der Waals surface area contributed by atoms with Crippen molar-refractivity contribution < 1.29 is 14.7 Å². The van der Waals surface area contributed by atoms with E-state index in [-0.39, 0.29) is 18.1 Å². The summed E-state index contributed by atoms with van der Waals surface area (Å²) in [5, 5.41) is 11.3. The predicted molar refractivity (Wildman–Crippen MR) is 108 cm³/mol. The Labute approximate surface area is 163 Å². The van der Waals surface area contributed by atoms with Crippen LogP contribution in [0.4, 0.5) is 0 Å². The summed E-state index contributed by atoms with van der Waals surface area (Å²) in [6, 6.07) is -0.795. The molecule has 0 aromatic carbocycles. The molecule has 1 amide bonds. The number of nitrogens with zero attached hydrogens (tertiary/aromatic N) is 1. The molecule has 5 heteroatoms. The summed E-state index contributed by atoms with van der Waals surface area (Å²) in [6.45, 7) is 13.2. The second-order valence-electron chi connectivity index (χ2n) is 10.1. The Morgan fingerprint density at radius 1 is 1.07 bits per heavy atom. The number of hydrogen-bond acceptors (Lipinski definition) is 4. The van der Waals surface area contributed by atoms with E-state index in [1.165, 1.54) is 0 Å². The van der Waals surface area contributed by atoms with Crippen LogP contribution in [0, 0.1) is 10.8 Å². The van der Waals surface area contributed by atoms with Crippen LogP contribution in [-0.4, -0.2) is 46.4 Å². The zero-order valence-electron chi connectivity index (χ0n) is 17.8. The molecule has 0 saturated carbocycles. The van der Waals surface area contributed by atoms with Gasteiger partial charge in [0.2, 0.25) is 5.91 Å². The second-order valence-corrected chi connectivity index (χ2v) is 10.1. The fraction of sp³-hybridized carbons (Fsp3) is 0.727. The van der Waals surface area contributed by atoms with E-state index in [0.717, 1.165) is 32.4 Å². The monoisotopic (exact) mass is 376 g/mol. The highest BCUT2D eigenvalue weighted by atomic mass is 16.3. The van der Waals surface area contributed by atoms with Crippen molar-refractivity contribution in [1.82, 2.24) is 4.90 Å². The molecule has 5 nitrogen and oxygen atoms in total. The van der Waals surface area contributed by atoms with Gasteiger partial charge in [0.15, 0.2) is 5.78 Å². The van der Waals surface area contributed by atoms with Crippen molar-refractivity contribution >= 4 is 11.7 Å². The molecule has 27 heavy (non-hydrogen) atoms. The van der Waals surface area contributed by atoms with Crippen molar-refractivity contribution in [2.45, 2.75) is 78.9 Å². The standard InChI is InChI=1S/C22H36N2O3/c1-20(2,3)15-12-22(27,13-16(18(15)25)21(4,5)6)14-17(23)19(26)24-10-8-7-9-11-24/h12-13,17,27H,7-11,14,23H2,1-6H3. The maximum absolute atomic E-state index is 13.0. The minimum Gasteiger partial charge on any atom is -0.382 e. The summed E-state index contributed by atoms with van der Waals surface area (Å²) in [6.07, 6.45) is 6.45. The fourth-order valence-electron chi connectivity index (χ4n) is 3.84. The molecule has 1 fully saturated rings. The van der Waals surface area contributed by atoms with E-state index in [1.807, 2.05) is 41.5 Å². The molecule has 0 aromatic rings. The summed E-state index contributed by atoms with van der Waals surface area (Å²) in [7, 11) is 0. The lowest BCUT2D eigenvalue weighted by Gasteiger charge is -2.38. The molecule has 2 rings (SSSR count). The van der Waals surface area contributed by atoms with Gasteiger partial charge in [-0.1, -0.05) is 41.5 Å². The minimum absolute atomic E-state index is 0.0318. The number of hydrogen-bond donors (Lipinski definition) is 2. The molecule has 1 unspecified atom stereocenters. The zero-order chi connectivity index (χ0) is 20.6. The van der Waals surface area contributed by atoms with Crippen molar-refractivity contribution in [1.29, 1.82) is 0 Å². The Morgan fingerprint density at radius 2 is 1.52 bits per heavy atom. The normalized spacial score (nSPS) is 22.2. The van der Waals surface area contributed by atoms with Gasteiger partial charge in [0, 0.05) is 30.7 Å². The Morgan fingerprint density at radius 3 is 1.93 bits per heavy atom. The average molecular weight is 377 g/mol. The first-order chi connectivity index (χ1) is 12.2. The molecule has 1 atom stereocenters. The van der Waals surface area contributed by atoms with Gasteiger partial charge in [-0.05, 0) is 42.2 Å². The van der Waals surface area contributed by atoms with Gasteiger partial charge in [0.1, 0.15) is 5.60 Å². The SMILES string of the molecule is CC(C)(C)C1=CC(O)(CC(N)C(=O)N2CCCCC2)C=C(C(C)(C)C)C1=O. The third-order valence-electron chi connectivity index (χ3n) is 5.43. The van der Waals surface area contributed by atoms with E-state index in [4.69, 9.17) is 5.73 Å². The van der Waals surface area contributed by atoms with Crippen LogP contribution >= 0.6 is 0 Å². The first-order valence-corrected chi connectivity index (χ1v) is 10.0. The van der Waals surface area contributed by atoms with E-state index in [9.17, 15) is 14.7 Å². The highest BCUT2D eigenvalue weighted by Gasteiger charge is 2.41. The van der Waals surface area contributed by atoms with E-state index in [1.54, 1.807) is 17.1 Å². The second kappa shape index (κ2) is 7.51. The van der Waals surface area contributed by atoms with Crippen LogP contribution in [0.5, 0.6) is 0 Å². The molecule has 0 aromatic heterocycles. The molecule has 0 bridgehead atoms. The quantitative estimate of drug-likeness (QED) is 0.793. The molecule has 0 radical (unpaired) electrons. The highest BCUT2D eigenvalue weighted by molar-refractivity contribution is 6.11.